The molecule has 8 nitrogen and oxygen atoms in total. The van der Waals surface area contributed by atoms with Crippen molar-refractivity contribution >= 4 is 23.1 Å². The van der Waals surface area contributed by atoms with E-state index in [9.17, 15) is 24.1 Å². The Hall–Kier alpha value is -3.62. The van der Waals surface area contributed by atoms with Crippen molar-refractivity contribution in [2.45, 2.75) is 33.4 Å². The van der Waals surface area contributed by atoms with Crippen molar-refractivity contribution in [3.05, 3.63) is 66.7 Å². The van der Waals surface area contributed by atoms with Crippen LogP contribution in [-0.2, 0) is 29.1 Å². The summed E-state index contributed by atoms with van der Waals surface area (Å²) in [5.74, 6) is -0.748. The number of non-ortho nitro benzene ring substituents is 1. The molecule has 0 saturated heterocycles. The molecule has 29 heavy (non-hydrogen) atoms. The highest BCUT2D eigenvalue weighted by atomic mass is 19.1. The Morgan fingerprint density at radius 3 is 2.79 bits per heavy atom. The standard InChI is InChI=1S/C20H16FN3O5/c1-3-11-4-17-19-13(7-23(17)20(26)14(11)8-29-9-25)10(2)18-15(22-19)5-12(21)6-16(18)24(27)28/h4-6,9H,3,7-8H2,1-2H3. The summed E-state index contributed by atoms with van der Waals surface area (Å²) in [5, 5.41) is 11.7. The molecule has 3 aromatic rings. The van der Waals surface area contributed by atoms with Gasteiger partial charge in [0.1, 0.15) is 12.4 Å². The minimum Gasteiger partial charge on any atom is -0.463 e. The van der Waals surface area contributed by atoms with Crippen LogP contribution in [0.4, 0.5) is 10.1 Å². The average Bonchev–Trinajstić information content (AvgIpc) is 3.05. The maximum atomic E-state index is 13.9. The SMILES string of the molecule is CCc1cc2n(c(=O)c1COC=O)Cc1c-2nc2cc(F)cc([N+](=O)[O-])c2c1C. The molecule has 0 bridgehead atoms. The lowest BCUT2D eigenvalue weighted by molar-refractivity contribution is -0.383. The fraction of sp³-hybridized carbons (Fsp3) is 0.250. The minimum atomic E-state index is -0.748. The highest BCUT2D eigenvalue weighted by molar-refractivity contribution is 5.94. The van der Waals surface area contributed by atoms with Gasteiger partial charge in [-0.2, -0.15) is 0 Å². The van der Waals surface area contributed by atoms with E-state index in [2.05, 4.69) is 4.98 Å². The van der Waals surface area contributed by atoms with Crippen LogP contribution in [0.5, 0.6) is 0 Å². The van der Waals surface area contributed by atoms with Crippen LogP contribution in [-0.4, -0.2) is 20.9 Å². The van der Waals surface area contributed by atoms with Crippen molar-refractivity contribution < 1.29 is 18.8 Å². The molecule has 0 amide bonds. The number of halogens is 1. The topological polar surface area (TPSA) is 104 Å². The highest BCUT2D eigenvalue weighted by Gasteiger charge is 2.29. The van der Waals surface area contributed by atoms with Gasteiger partial charge in [-0.05, 0) is 30.5 Å². The summed E-state index contributed by atoms with van der Waals surface area (Å²) in [6.07, 6.45) is 0.544. The fourth-order valence-corrected chi connectivity index (χ4v) is 3.95. The van der Waals surface area contributed by atoms with Gasteiger partial charge in [0.2, 0.25) is 0 Å². The number of aromatic nitrogens is 2. The smallest absolute Gasteiger partial charge is 0.293 e. The summed E-state index contributed by atoms with van der Waals surface area (Å²) >= 11 is 0. The maximum Gasteiger partial charge on any atom is 0.293 e. The molecule has 0 saturated carbocycles. The van der Waals surface area contributed by atoms with Crippen molar-refractivity contribution in [1.82, 2.24) is 9.55 Å². The van der Waals surface area contributed by atoms with Crippen molar-refractivity contribution in [1.29, 1.82) is 0 Å². The van der Waals surface area contributed by atoms with Gasteiger partial charge in [0.25, 0.3) is 17.7 Å². The zero-order valence-electron chi connectivity index (χ0n) is 15.7. The van der Waals surface area contributed by atoms with Gasteiger partial charge in [0, 0.05) is 11.6 Å². The molecule has 0 N–H and O–H groups in total. The van der Waals surface area contributed by atoms with E-state index in [0.717, 1.165) is 17.7 Å². The summed E-state index contributed by atoms with van der Waals surface area (Å²) in [6.45, 7) is 3.93. The molecule has 4 rings (SSSR count). The number of hydrogen-bond donors (Lipinski definition) is 0. The third-order valence-electron chi connectivity index (χ3n) is 5.33. The number of rotatable bonds is 5. The van der Waals surface area contributed by atoms with Crippen LogP contribution in [0.1, 0.15) is 29.2 Å². The van der Waals surface area contributed by atoms with E-state index in [4.69, 9.17) is 4.74 Å². The first-order chi connectivity index (χ1) is 13.9. The summed E-state index contributed by atoms with van der Waals surface area (Å²) in [5.41, 5.74) is 2.95. The van der Waals surface area contributed by atoms with Gasteiger partial charge in [-0.25, -0.2) is 9.37 Å². The van der Waals surface area contributed by atoms with Crippen molar-refractivity contribution in [2.75, 3.05) is 0 Å². The van der Waals surface area contributed by atoms with E-state index in [1.165, 1.54) is 4.57 Å². The molecule has 0 fully saturated rings. The second kappa shape index (κ2) is 6.77. The Morgan fingerprint density at radius 2 is 2.14 bits per heavy atom. The zero-order chi connectivity index (χ0) is 20.9. The number of benzene rings is 1. The third-order valence-corrected chi connectivity index (χ3v) is 5.33. The number of carbonyl (C=O) groups excluding carboxylic acids is 1. The molecule has 0 spiro atoms. The van der Waals surface area contributed by atoms with E-state index in [-0.39, 0.29) is 41.8 Å². The van der Waals surface area contributed by atoms with E-state index < -0.39 is 10.7 Å². The zero-order valence-corrected chi connectivity index (χ0v) is 15.7. The van der Waals surface area contributed by atoms with Gasteiger partial charge < -0.3 is 9.30 Å². The highest BCUT2D eigenvalue weighted by Crippen LogP contribution is 2.38. The van der Waals surface area contributed by atoms with E-state index in [1.54, 1.807) is 6.92 Å². The van der Waals surface area contributed by atoms with Crippen molar-refractivity contribution in [2.24, 2.45) is 0 Å². The van der Waals surface area contributed by atoms with Gasteiger partial charge >= 0.3 is 0 Å². The molecule has 9 heteroatoms. The van der Waals surface area contributed by atoms with E-state index in [0.29, 0.717) is 34.5 Å². The Balaban J connectivity index is 2.02. The number of pyridine rings is 2. The molecular weight excluding hydrogens is 381 g/mol. The first-order valence-electron chi connectivity index (χ1n) is 8.95. The van der Waals surface area contributed by atoms with Crippen molar-refractivity contribution in [3.63, 3.8) is 0 Å². The first kappa shape index (κ1) is 18.7. The van der Waals surface area contributed by atoms with Gasteiger partial charge in [-0.15, -0.1) is 0 Å². The van der Waals surface area contributed by atoms with E-state index in [1.807, 2.05) is 13.0 Å². The molecule has 2 aromatic heterocycles. The van der Waals surface area contributed by atoms with Crippen LogP contribution >= 0.6 is 0 Å². The van der Waals surface area contributed by atoms with Crippen LogP contribution in [0, 0.1) is 22.9 Å². The van der Waals surface area contributed by atoms with Gasteiger partial charge in [-0.3, -0.25) is 19.7 Å². The van der Waals surface area contributed by atoms with Crippen LogP contribution in [0.15, 0.2) is 23.0 Å². The summed E-state index contributed by atoms with van der Waals surface area (Å²) in [7, 11) is 0. The van der Waals surface area contributed by atoms with Crippen LogP contribution < -0.4 is 5.56 Å². The van der Waals surface area contributed by atoms with Gasteiger partial charge in [0.05, 0.1) is 45.4 Å². The molecule has 0 radical (unpaired) electrons. The molecule has 1 aliphatic rings. The largest absolute Gasteiger partial charge is 0.463 e. The van der Waals surface area contributed by atoms with Gasteiger partial charge in [-0.1, -0.05) is 6.92 Å². The second-order valence-electron chi connectivity index (χ2n) is 6.83. The third kappa shape index (κ3) is 2.77. The monoisotopic (exact) mass is 397 g/mol. The predicted octanol–water partition coefficient (Wildman–Crippen LogP) is 3.02. The van der Waals surface area contributed by atoms with E-state index >= 15 is 0 Å². The fourth-order valence-electron chi connectivity index (χ4n) is 3.95. The Morgan fingerprint density at radius 1 is 1.38 bits per heavy atom. The quantitative estimate of drug-likeness (QED) is 0.291. The summed E-state index contributed by atoms with van der Waals surface area (Å²) in [6, 6.07) is 3.84. The normalized spacial score (nSPS) is 12.0. The first-order valence-corrected chi connectivity index (χ1v) is 8.95. The van der Waals surface area contributed by atoms with Crippen LogP contribution in [0.3, 0.4) is 0 Å². The Kier molecular flexibility index (Phi) is 4.37. The van der Waals surface area contributed by atoms with Gasteiger partial charge in [0.15, 0.2) is 0 Å². The number of nitro groups is 1. The number of fused-ring (bicyclic) bond motifs is 4. The lowest BCUT2D eigenvalue weighted by Gasteiger charge is -2.11. The van der Waals surface area contributed by atoms with Crippen LogP contribution in [0.25, 0.3) is 22.3 Å². The molecule has 1 aliphatic heterocycles. The molecule has 3 heterocycles. The number of aryl methyl sites for hydroxylation is 2. The lowest BCUT2D eigenvalue weighted by atomic mass is 10.00. The molecule has 0 aliphatic carbocycles. The van der Waals surface area contributed by atoms with Crippen LogP contribution in [0.2, 0.25) is 0 Å². The summed E-state index contributed by atoms with van der Waals surface area (Å²) < 4.78 is 20.3. The number of nitro benzene ring substituents is 1. The predicted molar refractivity (Wildman–Crippen MR) is 102 cm³/mol. The molecule has 1 aromatic carbocycles. The lowest BCUT2D eigenvalue weighted by Crippen LogP contribution is -2.25. The summed E-state index contributed by atoms with van der Waals surface area (Å²) in [4.78, 5) is 38.9. The number of ether oxygens (including phenoxy) is 1. The number of nitrogens with zero attached hydrogens (tertiary/aromatic N) is 3. The molecular formula is C20H16FN3O5. The minimum absolute atomic E-state index is 0.132. The Bertz CT molecular complexity index is 1270. The average molecular weight is 397 g/mol. The maximum absolute atomic E-state index is 13.9. The Labute approximate surface area is 163 Å². The molecule has 0 atom stereocenters. The second-order valence-corrected chi connectivity index (χ2v) is 6.83. The number of hydrogen-bond acceptors (Lipinski definition) is 6. The molecule has 148 valence electrons. The number of carbonyl (C=O) groups is 1. The molecule has 0 unspecified atom stereocenters. The van der Waals surface area contributed by atoms with Crippen molar-refractivity contribution in [3.8, 4) is 11.4 Å².